The van der Waals surface area contributed by atoms with Crippen molar-refractivity contribution in [3.8, 4) is 0 Å². The first-order valence-corrected chi connectivity index (χ1v) is 7.26. The van der Waals surface area contributed by atoms with Crippen LogP contribution >= 0.6 is 11.3 Å². The van der Waals surface area contributed by atoms with Crippen LogP contribution in [0.4, 0.5) is 5.00 Å². The Hall–Kier alpha value is -2.18. The zero-order chi connectivity index (χ0) is 15.2. The van der Waals surface area contributed by atoms with E-state index in [1.165, 1.54) is 18.3 Å². The summed E-state index contributed by atoms with van der Waals surface area (Å²) < 4.78 is 0. The highest BCUT2D eigenvalue weighted by Gasteiger charge is 2.12. The SMILES string of the molecule is CC(=O)Nc1ccc(C(=O)NCC(O)c2ccccc2)s1. The zero-order valence-electron chi connectivity index (χ0n) is 11.5. The lowest BCUT2D eigenvalue weighted by Crippen LogP contribution is -2.27. The van der Waals surface area contributed by atoms with Gasteiger partial charge in [-0.15, -0.1) is 11.3 Å². The van der Waals surface area contributed by atoms with E-state index in [2.05, 4.69) is 10.6 Å². The summed E-state index contributed by atoms with van der Waals surface area (Å²) in [6.45, 7) is 1.55. The number of carbonyl (C=O) groups is 2. The predicted octanol–water partition coefficient (Wildman–Crippen LogP) is 2.17. The highest BCUT2D eigenvalue weighted by Crippen LogP contribution is 2.21. The molecule has 6 heteroatoms. The number of carbonyl (C=O) groups excluding carboxylic acids is 2. The van der Waals surface area contributed by atoms with Crippen molar-refractivity contribution in [2.24, 2.45) is 0 Å². The van der Waals surface area contributed by atoms with Crippen LogP contribution in [0.15, 0.2) is 42.5 Å². The van der Waals surface area contributed by atoms with Crippen molar-refractivity contribution in [2.75, 3.05) is 11.9 Å². The van der Waals surface area contributed by atoms with E-state index in [1.54, 1.807) is 24.3 Å². The lowest BCUT2D eigenvalue weighted by atomic mass is 10.1. The second-order valence-corrected chi connectivity index (χ2v) is 5.57. The smallest absolute Gasteiger partial charge is 0.261 e. The van der Waals surface area contributed by atoms with E-state index in [0.29, 0.717) is 9.88 Å². The minimum absolute atomic E-state index is 0.135. The Labute approximate surface area is 126 Å². The van der Waals surface area contributed by atoms with Gasteiger partial charge in [0.15, 0.2) is 0 Å². The third kappa shape index (κ3) is 4.40. The van der Waals surface area contributed by atoms with Crippen molar-refractivity contribution < 1.29 is 14.7 Å². The molecule has 110 valence electrons. The third-order valence-corrected chi connectivity index (χ3v) is 3.77. The van der Waals surface area contributed by atoms with E-state index >= 15 is 0 Å². The number of benzene rings is 1. The quantitative estimate of drug-likeness (QED) is 0.792. The summed E-state index contributed by atoms with van der Waals surface area (Å²) in [6.07, 6.45) is -0.745. The maximum absolute atomic E-state index is 12.0. The molecular weight excluding hydrogens is 288 g/mol. The molecule has 2 aromatic rings. The molecule has 0 aliphatic rings. The molecule has 1 atom stereocenters. The standard InChI is InChI=1S/C15H16N2O3S/c1-10(18)17-14-8-7-13(21-14)15(20)16-9-12(19)11-5-3-2-4-6-11/h2-8,12,19H,9H2,1H3,(H,16,20)(H,17,18). The Bertz CT molecular complexity index is 625. The molecule has 1 aromatic heterocycles. The number of hydrogen-bond donors (Lipinski definition) is 3. The first kappa shape index (κ1) is 15.2. The average Bonchev–Trinajstić information content (AvgIpc) is 2.93. The number of thiophene rings is 1. The fourth-order valence-electron chi connectivity index (χ4n) is 1.77. The van der Waals surface area contributed by atoms with Crippen LogP contribution in [0.5, 0.6) is 0 Å². The molecule has 1 aromatic carbocycles. The molecule has 0 aliphatic heterocycles. The van der Waals surface area contributed by atoms with Gasteiger partial charge in [0.25, 0.3) is 5.91 Å². The molecule has 3 N–H and O–H groups in total. The Balaban J connectivity index is 1.90. The van der Waals surface area contributed by atoms with Crippen molar-refractivity contribution in [1.82, 2.24) is 5.32 Å². The average molecular weight is 304 g/mol. The van der Waals surface area contributed by atoms with Gasteiger partial charge in [0, 0.05) is 13.5 Å². The van der Waals surface area contributed by atoms with Crippen LogP contribution in [-0.4, -0.2) is 23.5 Å². The first-order valence-electron chi connectivity index (χ1n) is 6.45. The highest BCUT2D eigenvalue weighted by atomic mass is 32.1. The van der Waals surface area contributed by atoms with Crippen molar-refractivity contribution in [3.63, 3.8) is 0 Å². The first-order chi connectivity index (χ1) is 10.1. The van der Waals surface area contributed by atoms with Gasteiger partial charge in [-0.25, -0.2) is 0 Å². The molecular formula is C15H16N2O3S. The van der Waals surface area contributed by atoms with Crippen molar-refractivity contribution in [2.45, 2.75) is 13.0 Å². The molecule has 0 spiro atoms. The number of amides is 2. The normalized spacial score (nSPS) is 11.7. The molecule has 0 radical (unpaired) electrons. The topological polar surface area (TPSA) is 78.4 Å². The molecule has 21 heavy (non-hydrogen) atoms. The summed E-state index contributed by atoms with van der Waals surface area (Å²) in [6, 6.07) is 12.4. The molecule has 2 rings (SSSR count). The van der Waals surface area contributed by atoms with Gasteiger partial charge in [0.1, 0.15) is 0 Å². The Kier molecular flexibility index (Phi) is 5.08. The van der Waals surface area contributed by atoms with Gasteiger partial charge < -0.3 is 15.7 Å². The molecule has 0 fully saturated rings. The van der Waals surface area contributed by atoms with Gasteiger partial charge in [-0.2, -0.15) is 0 Å². The van der Waals surface area contributed by atoms with Gasteiger partial charge >= 0.3 is 0 Å². The summed E-state index contributed by atoms with van der Waals surface area (Å²) in [5.74, 6) is -0.449. The lowest BCUT2D eigenvalue weighted by Gasteiger charge is -2.11. The third-order valence-electron chi connectivity index (χ3n) is 2.77. The Morgan fingerprint density at radius 1 is 1.19 bits per heavy atom. The maximum Gasteiger partial charge on any atom is 0.261 e. The summed E-state index contributed by atoms with van der Waals surface area (Å²) >= 11 is 1.19. The van der Waals surface area contributed by atoms with E-state index in [0.717, 1.165) is 5.56 Å². The second-order valence-electron chi connectivity index (χ2n) is 4.48. The zero-order valence-corrected chi connectivity index (χ0v) is 12.3. The second kappa shape index (κ2) is 7.01. The number of rotatable bonds is 5. The van der Waals surface area contributed by atoms with E-state index in [1.807, 2.05) is 18.2 Å². The molecule has 0 saturated carbocycles. The van der Waals surface area contributed by atoms with E-state index in [9.17, 15) is 14.7 Å². The highest BCUT2D eigenvalue weighted by molar-refractivity contribution is 7.18. The molecule has 1 unspecified atom stereocenters. The molecule has 2 amide bonds. The number of nitrogens with one attached hydrogen (secondary N) is 2. The van der Waals surface area contributed by atoms with Gasteiger partial charge in [-0.1, -0.05) is 30.3 Å². The van der Waals surface area contributed by atoms with E-state index in [4.69, 9.17) is 0 Å². The van der Waals surface area contributed by atoms with Crippen LogP contribution in [0, 0.1) is 0 Å². The van der Waals surface area contributed by atoms with Crippen LogP contribution in [0.25, 0.3) is 0 Å². The van der Waals surface area contributed by atoms with Crippen LogP contribution in [0.3, 0.4) is 0 Å². The Morgan fingerprint density at radius 3 is 2.57 bits per heavy atom. The largest absolute Gasteiger partial charge is 0.387 e. The van der Waals surface area contributed by atoms with Gasteiger partial charge in [-0.05, 0) is 17.7 Å². The summed E-state index contributed by atoms with van der Waals surface area (Å²) in [7, 11) is 0. The Morgan fingerprint density at radius 2 is 1.90 bits per heavy atom. The number of aliphatic hydroxyl groups excluding tert-OH is 1. The molecule has 1 heterocycles. The van der Waals surface area contributed by atoms with Crippen LogP contribution in [0.1, 0.15) is 28.3 Å². The van der Waals surface area contributed by atoms with Crippen molar-refractivity contribution in [3.05, 3.63) is 52.9 Å². The number of aliphatic hydroxyl groups is 1. The summed E-state index contributed by atoms with van der Waals surface area (Å²) in [4.78, 5) is 23.4. The number of hydrogen-bond acceptors (Lipinski definition) is 4. The van der Waals surface area contributed by atoms with Crippen LogP contribution < -0.4 is 10.6 Å². The summed E-state index contributed by atoms with van der Waals surface area (Å²) in [5.41, 5.74) is 0.753. The van der Waals surface area contributed by atoms with Crippen molar-refractivity contribution >= 4 is 28.2 Å². The number of anilines is 1. The van der Waals surface area contributed by atoms with Crippen molar-refractivity contribution in [1.29, 1.82) is 0 Å². The molecule has 0 bridgehead atoms. The van der Waals surface area contributed by atoms with Gasteiger partial charge in [0.05, 0.1) is 16.0 Å². The van der Waals surface area contributed by atoms with Crippen LogP contribution in [0.2, 0.25) is 0 Å². The fraction of sp³-hybridized carbons (Fsp3) is 0.200. The van der Waals surface area contributed by atoms with E-state index in [-0.39, 0.29) is 18.4 Å². The minimum atomic E-state index is -0.745. The maximum atomic E-state index is 12.0. The lowest BCUT2D eigenvalue weighted by molar-refractivity contribution is -0.114. The molecule has 0 aliphatic carbocycles. The summed E-state index contributed by atoms with van der Waals surface area (Å²) in [5, 5.41) is 15.9. The van der Waals surface area contributed by atoms with E-state index < -0.39 is 6.10 Å². The predicted molar refractivity (Wildman–Crippen MR) is 82.4 cm³/mol. The van der Waals surface area contributed by atoms with Gasteiger partial charge in [0.2, 0.25) is 5.91 Å². The fourth-order valence-corrected chi connectivity index (χ4v) is 2.64. The molecule has 5 nitrogen and oxygen atoms in total. The van der Waals surface area contributed by atoms with Gasteiger partial charge in [-0.3, -0.25) is 9.59 Å². The minimum Gasteiger partial charge on any atom is -0.387 e. The van der Waals surface area contributed by atoms with Crippen LogP contribution in [-0.2, 0) is 4.79 Å². The molecule has 0 saturated heterocycles. The monoisotopic (exact) mass is 304 g/mol.